The van der Waals surface area contributed by atoms with Gasteiger partial charge in [0.15, 0.2) is 0 Å². The number of aromatic nitrogens is 2. The second kappa shape index (κ2) is 15.5. The summed E-state index contributed by atoms with van der Waals surface area (Å²) >= 11 is 0. The number of benzene rings is 6. The zero-order valence-electron chi connectivity index (χ0n) is 38.0. The molecule has 0 bridgehead atoms. The maximum atomic E-state index is 13.7. The SMILES string of the molecule is [2H]C([2H])([2H])c1ccc(-c2[c-]cc(C([2H])([2H])[2H])c(-c3ccccc3)c2)nc1.[2H]C([2H])(c1ccnc(-c2[c-]ccc3c2oc2c3ccc3ccc4ccccc4c32)c1)C(C)(C)C(F)(F)F.[Ir]. The molecule has 0 unspecified atom stereocenters. The number of aryl methyl sites for hydroxylation is 2. The summed E-state index contributed by atoms with van der Waals surface area (Å²) in [5, 5.41) is 5.86. The average molecular weight is 927 g/mol. The van der Waals surface area contributed by atoms with Gasteiger partial charge in [-0.25, -0.2) is 0 Å². The van der Waals surface area contributed by atoms with E-state index < -0.39 is 31.7 Å². The van der Waals surface area contributed by atoms with Crippen molar-refractivity contribution in [1.82, 2.24) is 9.97 Å². The van der Waals surface area contributed by atoms with Crippen molar-refractivity contribution < 1.29 is 48.7 Å². The van der Waals surface area contributed by atoms with Crippen LogP contribution >= 0.6 is 0 Å². The van der Waals surface area contributed by atoms with Crippen LogP contribution in [0.5, 0.6) is 0 Å². The monoisotopic (exact) mass is 927 g/mol. The number of rotatable bonds is 5. The molecule has 56 heavy (non-hydrogen) atoms. The molecule has 0 saturated carbocycles. The Morgan fingerprint density at radius 2 is 1.50 bits per heavy atom. The van der Waals surface area contributed by atoms with Crippen LogP contribution in [0.2, 0.25) is 0 Å². The molecule has 3 aromatic heterocycles. The van der Waals surface area contributed by atoms with Crippen molar-refractivity contribution in [3.8, 4) is 33.6 Å². The molecular formula is C49H37F3IrN2O-2. The van der Waals surface area contributed by atoms with Crippen molar-refractivity contribution in [2.24, 2.45) is 5.41 Å². The first-order valence-electron chi connectivity index (χ1n) is 21.5. The van der Waals surface area contributed by atoms with Gasteiger partial charge in [-0.2, -0.15) is 13.2 Å². The van der Waals surface area contributed by atoms with Gasteiger partial charge in [-0.1, -0.05) is 140 Å². The normalized spacial score (nSPS) is 14.6. The van der Waals surface area contributed by atoms with E-state index in [4.69, 9.17) is 15.4 Å². The van der Waals surface area contributed by atoms with Gasteiger partial charge < -0.3 is 14.4 Å². The van der Waals surface area contributed by atoms with Crippen LogP contribution in [-0.2, 0) is 26.5 Å². The summed E-state index contributed by atoms with van der Waals surface area (Å²) in [6.45, 7) is -2.74. The smallest absolute Gasteiger partial charge is 0.394 e. The fraction of sp³-hybridized carbons (Fsp3) is 0.143. The third kappa shape index (κ3) is 7.49. The van der Waals surface area contributed by atoms with Crippen LogP contribution in [0.4, 0.5) is 13.2 Å². The van der Waals surface area contributed by atoms with Crippen LogP contribution < -0.4 is 0 Å². The van der Waals surface area contributed by atoms with E-state index in [-0.39, 0.29) is 42.5 Å². The molecule has 0 amide bonds. The number of hydrogen-bond donors (Lipinski definition) is 0. The van der Waals surface area contributed by atoms with E-state index in [0.717, 1.165) is 51.7 Å². The van der Waals surface area contributed by atoms with Gasteiger partial charge in [0.25, 0.3) is 0 Å². The van der Waals surface area contributed by atoms with Gasteiger partial charge in [0.2, 0.25) is 0 Å². The van der Waals surface area contributed by atoms with Crippen LogP contribution in [-0.4, -0.2) is 16.1 Å². The molecule has 9 aromatic rings. The maximum absolute atomic E-state index is 13.7. The number of halogens is 3. The van der Waals surface area contributed by atoms with Gasteiger partial charge >= 0.3 is 6.18 Å². The van der Waals surface area contributed by atoms with Crippen molar-refractivity contribution in [2.75, 3.05) is 0 Å². The summed E-state index contributed by atoms with van der Waals surface area (Å²) in [6, 6.07) is 44.1. The van der Waals surface area contributed by atoms with Crippen molar-refractivity contribution >= 4 is 43.5 Å². The Morgan fingerprint density at radius 1 is 0.732 bits per heavy atom. The van der Waals surface area contributed by atoms with Crippen LogP contribution in [0.3, 0.4) is 0 Å². The van der Waals surface area contributed by atoms with E-state index >= 15 is 0 Å². The van der Waals surface area contributed by atoms with E-state index in [9.17, 15) is 13.2 Å². The minimum absolute atomic E-state index is 0. The third-order valence-electron chi connectivity index (χ3n) is 9.56. The molecule has 281 valence electrons. The predicted octanol–water partition coefficient (Wildman–Crippen LogP) is 13.7. The largest absolute Gasteiger partial charge is 0.500 e. The Balaban J connectivity index is 0.000000201. The van der Waals surface area contributed by atoms with Crippen LogP contribution in [0.15, 0.2) is 144 Å². The van der Waals surface area contributed by atoms with Gasteiger partial charge in [0.05, 0.1) is 11.0 Å². The first kappa shape index (κ1) is 29.6. The second-order valence-electron chi connectivity index (χ2n) is 13.7. The molecule has 0 atom stereocenters. The zero-order chi connectivity index (χ0) is 45.1. The molecule has 0 aliphatic heterocycles. The molecule has 6 aromatic carbocycles. The summed E-state index contributed by atoms with van der Waals surface area (Å²) in [4.78, 5) is 8.57. The number of alkyl halides is 3. The summed E-state index contributed by atoms with van der Waals surface area (Å²) in [5.41, 5.74) is 2.10. The molecule has 0 saturated heterocycles. The van der Waals surface area contributed by atoms with Crippen molar-refractivity contribution in [3.63, 3.8) is 0 Å². The Hall–Kier alpha value is -5.62. The van der Waals surface area contributed by atoms with Crippen molar-refractivity contribution in [1.29, 1.82) is 0 Å². The Morgan fingerprint density at radius 3 is 2.27 bits per heavy atom. The molecule has 0 aliphatic carbocycles. The maximum Gasteiger partial charge on any atom is 0.394 e. The molecule has 0 fully saturated rings. The second-order valence-corrected chi connectivity index (χ2v) is 13.7. The Kier molecular flexibility index (Phi) is 8.20. The summed E-state index contributed by atoms with van der Waals surface area (Å²) in [5.74, 6) is 0. The zero-order valence-corrected chi connectivity index (χ0v) is 32.4. The number of fused-ring (bicyclic) bond motifs is 7. The first-order valence-corrected chi connectivity index (χ1v) is 17.5. The number of furan rings is 1. The topological polar surface area (TPSA) is 38.9 Å². The minimum atomic E-state index is -4.74. The molecule has 0 aliphatic rings. The minimum Gasteiger partial charge on any atom is -0.500 e. The fourth-order valence-electron chi connectivity index (χ4n) is 6.60. The number of nitrogens with zero attached hydrogens (tertiary/aromatic N) is 2. The average Bonchev–Trinajstić information content (AvgIpc) is 3.65. The Labute approximate surface area is 348 Å². The molecule has 0 N–H and O–H groups in total. The van der Waals surface area contributed by atoms with E-state index in [1.807, 2.05) is 78.9 Å². The molecule has 3 nitrogen and oxygen atoms in total. The van der Waals surface area contributed by atoms with E-state index in [1.165, 1.54) is 36.7 Å². The number of pyridine rings is 2. The molecule has 1 radical (unpaired) electrons. The molecule has 3 heterocycles. The first-order chi connectivity index (χ1) is 29.7. The molecule has 7 heteroatoms. The summed E-state index contributed by atoms with van der Waals surface area (Å²) < 4.78 is 110. The summed E-state index contributed by atoms with van der Waals surface area (Å²) in [6.07, 6.45) is -4.79. The molecular weight excluding hydrogens is 882 g/mol. The Bertz CT molecular complexity index is 3150. The van der Waals surface area contributed by atoms with E-state index in [0.29, 0.717) is 33.6 Å². The van der Waals surface area contributed by atoms with Crippen molar-refractivity contribution in [2.45, 2.75) is 40.1 Å². The van der Waals surface area contributed by atoms with Gasteiger partial charge in [0, 0.05) is 54.2 Å². The third-order valence-corrected chi connectivity index (χ3v) is 9.56. The van der Waals surface area contributed by atoms with E-state index in [2.05, 4.69) is 28.2 Å². The number of hydrogen-bond acceptors (Lipinski definition) is 3. The standard InChI is InChI=1S/C30H21F3NO.C19H16N.Ir/c1-29(2,30(31,32)33)17-18-14-15-34-25(16-18)24-9-5-8-22-23-13-12-20-11-10-19-6-3-4-7-21(19)26(20)28(23)35-27(22)24;1-14-8-11-19(20-13-14)17-10-9-15(2)18(12-17)16-6-4-3-5-7-16;/h3-8,10-16H,17H2,1-2H3;3-9,11-13H,1-2H3;/q2*-1;/i17D2;1D3,2D3;. The summed E-state index contributed by atoms with van der Waals surface area (Å²) in [7, 11) is 0. The van der Waals surface area contributed by atoms with E-state index in [1.54, 1.807) is 18.2 Å². The molecule has 9 rings (SSSR count). The fourth-order valence-corrected chi connectivity index (χ4v) is 6.60. The van der Waals surface area contributed by atoms with Crippen LogP contribution in [0.25, 0.3) is 77.1 Å². The van der Waals surface area contributed by atoms with Crippen molar-refractivity contribution in [3.05, 3.63) is 169 Å². The van der Waals surface area contributed by atoms with Gasteiger partial charge in [-0.15, -0.1) is 47.5 Å². The quantitative estimate of drug-likeness (QED) is 0.128. The van der Waals surface area contributed by atoms with Gasteiger partial charge in [-0.05, 0) is 58.0 Å². The van der Waals surface area contributed by atoms with Crippen LogP contribution in [0.1, 0.15) is 41.5 Å². The van der Waals surface area contributed by atoms with Crippen LogP contribution in [0, 0.1) is 31.3 Å². The van der Waals surface area contributed by atoms with Gasteiger partial charge in [0.1, 0.15) is 5.58 Å². The van der Waals surface area contributed by atoms with Gasteiger partial charge in [-0.3, -0.25) is 0 Å². The predicted molar refractivity (Wildman–Crippen MR) is 218 cm³/mol. The molecule has 0 spiro atoms.